The number of aliphatic hydroxyl groups is 4. The molecular formula is C28H26N2O8. The highest BCUT2D eigenvalue weighted by atomic mass is 16.4. The molecule has 0 radical (unpaired) electrons. The number of hydrogen-bond acceptors (Lipinski definition) is 9. The van der Waals surface area contributed by atoms with Gasteiger partial charge in [0.25, 0.3) is 5.91 Å². The summed E-state index contributed by atoms with van der Waals surface area (Å²) in [5.41, 5.74) is 2.19. The molecule has 5 atom stereocenters. The fourth-order valence-electron chi connectivity index (χ4n) is 6.04. The summed E-state index contributed by atoms with van der Waals surface area (Å²) in [6.45, 7) is 0. The summed E-state index contributed by atoms with van der Waals surface area (Å²) in [6, 6.07) is 12.0. The average Bonchev–Trinajstić information content (AvgIpc) is 2.86. The van der Waals surface area contributed by atoms with Crippen LogP contribution in [0.15, 0.2) is 65.4 Å². The lowest BCUT2D eigenvalue weighted by molar-refractivity contribution is -0.166. The highest BCUT2D eigenvalue weighted by Gasteiger charge is 2.68. The van der Waals surface area contributed by atoms with Crippen LogP contribution in [0.5, 0.6) is 5.75 Å². The van der Waals surface area contributed by atoms with Crippen LogP contribution in [-0.2, 0) is 14.4 Å². The Bertz CT molecular complexity index is 1490. The number of carbonyl (C=O) groups is 3. The third-order valence-corrected chi connectivity index (χ3v) is 7.65. The number of hydrogen-bond donors (Lipinski definition) is 6. The number of nitrogens with two attached hydrogens (primary N) is 1. The zero-order chi connectivity index (χ0) is 27.7. The average molecular weight is 519 g/mol. The highest BCUT2D eigenvalue weighted by molar-refractivity contribution is 6.25. The van der Waals surface area contributed by atoms with Crippen LogP contribution in [0, 0.1) is 11.8 Å². The minimum Gasteiger partial charge on any atom is -0.508 e. The third kappa shape index (κ3) is 3.27. The molecule has 0 aromatic heterocycles. The van der Waals surface area contributed by atoms with Crippen molar-refractivity contribution in [3.05, 3.63) is 82.1 Å². The Hall–Kier alpha value is -4.25. The van der Waals surface area contributed by atoms with E-state index in [0.29, 0.717) is 16.7 Å². The van der Waals surface area contributed by atoms with Crippen LogP contribution < -0.4 is 5.73 Å². The summed E-state index contributed by atoms with van der Waals surface area (Å²) in [7, 11) is 2.91. The second-order valence-corrected chi connectivity index (χ2v) is 9.92. The first-order chi connectivity index (χ1) is 17.9. The third-order valence-electron chi connectivity index (χ3n) is 7.65. The number of likely N-dealkylation sites (N-methyl/N-ethyl adjacent to an activating group) is 1. The zero-order valence-corrected chi connectivity index (χ0v) is 20.5. The largest absolute Gasteiger partial charge is 0.508 e. The quantitative estimate of drug-likeness (QED) is 0.322. The zero-order valence-electron chi connectivity index (χ0n) is 20.5. The van der Waals surface area contributed by atoms with E-state index in [0.717, 1.165) is 0 Å². The van der Waals surface area contributed by atoms with Gasteiger partial charge in [-0.1, -0.05) is 48.5 Å². The number of Topliss-reactive ketones (excluding diaryl/α,β-unsaturated/α-hetero) is 2. The number of carbonyl (C=O) groups excluding carboxylic acids is 3. The molecule has 2 aromatic carbocycles. The van der Waals surface area contributed by atoms with Gasteiger partial charge >= 0.3 is 0 Å². The maximum atomic E-state index is 14.1. The molecule has 0 bridgehead atoms. The molecule has 1 amide bonds. The van der Waals surface area contributed by atoms with E-state index in [4.69, 9.17) is 5.73 Å². The van der Waals surface area contributed by atoms with Gasteiger partial charge in [0.2, 0.25) is 5.78 Å². The second-order valence-electron chi connectivity index (χ2n) is 9.92. The van der Waals surface area contributed by atoms with Gasteiger partial charge in [-0.15, -0.1) is 0 Å². The fraction of sp³-hybridized carbons (Fsp3) is 0.250. The molecule has 196 valence electrons. The van der Waals surface area contributed by atoms with Crippen molar-refractivity contribution in [2.45, 2.75) is 17.7 Å². The number of aromatic hydroxyl groups is 1. The van der Waals surface area contributed by atoms with E-state index in [2.05, 4.69) is 0 Å². The van der Waals surface area contributed by atoms with E-state index in [1.54, 1.807) is 48.5 Å². The molecule has 0 heterocycles. The number of phenolic OH excluding ortho intramolecular Hbond substituents is 1. The number of nitrogens with zero attached hydrogens (tertiary/aromatic N) is 1. The molecule has 0 spiro atoms. The van der Waals surface area contributed by atoms with Crippen molar-refractivity contribution in [1.82, 2.24) is 4.90 Å². The number of ketones is 2. The molecular weight excluding hydrogens is 492 g/mol. The van der Waals surface area contributed by atoms with Gasteiger partial charge in [-0.3, -0.25) is 19.3 Å². The van der Waals surface area contributed by atoms with E-state index in [1.807, 2.05) is 0 Å². The minimum atomic E-state index is -2.97. The van der Waals surface area contributed by atoms with Gasteiger partial charge in [-0.05, 0) is 36.9 Å². The first-order valence-corrected chi connectivity index (χ1v) is 11.8. The molecule has 0 aliphatic heterocycles. The van der Waals surface area contributed by atoms with E-state index >= 15 is 0 Å². The first-order valence-electron chi connectivity index (χ1n) is 11.8. The molecule has 1 saturated carbocycles. The molecule has 38 heavy (non-hydrogen) atoms. The van der Waals surface area contributed by atoms with Crippen LogP contribution in [-0.4, -0.2) is 79.7 Å². The Kier molecular flexibility index (Phi) is 5.79. The number of aliphatic hydroxyl groups excluding tert-OH is 3. The molecule has 2 aromatic rings. The van der Waals surface area contributed by atoms with Gasteiger partial charge in [-0.25, -0.2) is 0 Å². The number of amides is 1. The van der Waals surface area contributed by atoms with Crippen molar-refractivity contribution in [2.24, 2.45) is 17.6 Å². The van der Waals surface area contributed by atoms with E-state index in [-0.39, 0.29) is 11.3 Å². The van der Waals surface area contributed by atoms with Crippen molar-refractivity contribution in [3.8, 4) is 5.75 Å². The van der Waals surface area contributed by atoms with E-state index in [9.17, 15) is 39.9 Å². The molecule has 5 rings (SSSR count). The second kappa shape index (κ2) is 8.66. The topological polar surface area (TPSA) is 182 Å². The van der Waals surface area contributed by atoms with Crippen LogP contribution in [0.1, 0.15) is 16.7 Å². The van der Waals surface area contributed by atoms with Gasteiger partial charge in [0.15, 0.2) is 11.4 Å². The molecule has 2 unspecified atom stereocenters. The summed E-state index contributed by atoms with van der Waals surface area (Å²) >= 11 is 0. The normalized spacial score (nSPS) is 29.9. The van der Waals surface area contributed by atoms with Crippen LogP contribution >= 0.6 is 0 Å². The standard InChI is InChI=1S/C28H26N2O8/c1-30(2)21-20-23(33)17-14(11-12-7-4-3-5-8-12)13-9-6-10-15(31)16(13)22(32)18(17)25(35)28(20,38)26(36)19(24(21)34)27(29)37/h3-11,17,20-21,23,31-33,36,38H,1-2H3,(H2,29,37)/b14-11+/t17?,20?,21-,23-,28-/m0/s1. The maximum Gasteiger partial charge on any atom is 0.255 e. The Balaban J connectivity index is 1.86. The number of phenols is 1. The molecule has 0 saturated heterocycles. The molecule has 3 aliphatic carbocycles. The Labute approximate surface area is 217 Å². The number of benzene rings is 2. The van der Waals surface area contributed by atoms with Gasteiger partial charge in [-0.2, -0.15) is 0 Å². The predicted octanol–water partition coefficient (Wildman–Crippen LogP) is 0.933. The lowest BCUT2D eigenvalue weighted by Gasteiger charge is -2.53. The Morgan fingerprint density at radius 1 is 1.03 bits per heavy atom. The summed E-state index contributed by atoms with van der Waals surface area (Å²) in [4.78, 5) is 40.8. The summed E-state index contributed by atoms with van der Waals surface area (Å²) in [5.74, 6) is -8.78. The van der Waals surface area contributed by atoms with Gasteiger partial charge in [0, 0.05) is 5.92 Å². The fourth-order valence-corrected chi connectivity index (χ4v) is 6.04. The van der Waals surface area contributed by atoms with E-state index in [1.165, 1.54) is 25.1 Å². The molecule has 1 fully saturated rings. The maximum absolute atomic E-state index is 14.1. The Morgan fingerprint density at radius 2 is 1.68 bits per heavy atom. The highest BCUT2D eigenvalue weighted by Crippen LogP contribution is 2.56. The van der Waals surface area contributed by atoms with Crippen molar-refractivity contribution in [1.29, 1.82) is 0 Å². The predicted molar refractivity (Wildman–Crippen MR) is 136 cm³/mol. The lowest BCUT2D eigenvalue weighted by atomic mass is 9.55. The summed E-state index contributed by atoms with van der Waals surface area (Å²) in [5, 5.41) is 56.5. The summed E-state index contributed by atoms with van der Waals surface area (Å²) < 4.78 is 0. The first kappa shape index (κ1) is 25.4. The van der Waals surface area contributed by atoms with Crippen LogP contribution in [0.4, 0.5) is 0 Å². The van der Waals surface area contributed by atoms with Crippen molar-refractivity contribution in [2.75, 3.05) is 14.1 Å². The van der Waals surface area contributed by atoms with Crippen molar-refractivity contribution >= 4 is 34.9 Å². The van der Waals surface area contributed by atoms with Crippen LogP contribution in [0.25, 0.3) is 17.4 Å². The number of rotatable bonds is 3. The van der Waals surface area contributed by atoms with Gasteiger partial charge < -0.3 is 31.3 Å². The van der Waals surface area contributed by atoms with E-state index < -0.39 is 69.7 Å². The molecule has 10 heteroatoms. The Morgan fingerprint density at radius 3 is 2.29 bits per heavy atom. The lowest BCUT2D eigenvalue weighted by Crippen LogP contribution is -2.70. The van der Waals surface area contributed by atoms with Gasteiger partial charge in [0.1, 0.15) is 22.8 Å². The van der Waals surface area contributed by atoms with Gasteiger partial charge in [0.05, 0.1) is 29.2 Å². The smallest absolute Gasteiger partial charge is 0.255 e. The number of fused-ring (bicyclic) bond motifs is 3. The van der Waals surface area contributed by atoms with Crippen LogP contribution in [0.2, 0.25) is 0 Å². The van der Waals surface area contributed by atoms with Crippen molar-refractivity contribution in [3.63, 3.8) is 0 Å². The number of primary amides is 1. The van der Waals surface area contributed by atoms with Crippen LogP contribution in [0.3, 0.4) is 0 Å². The molecule has 7 N–H and O–H groups in total. The monoisotopic (exact) mass is 518 g/mol. The SMILES string of the molecule is CN(C)[C@@H]1C(=O)C(C(N)=O)=C(O)[C@@]2(O)C(=O)C3=C(O)c4c(O)cccc4/C(=C\c4ccccc4)C3[C@H](O)C12. The minimum absolute atomic E-state index is 0.0989. The summed E-state index contributed by atoms with van der Waals surface area (Å²) in [6.07, 6.45) is -0.0379. The molecule has 10 nitrogen and oxygen atoms in total. The van der Waals surface area contributed by atoms with Crippen molar-refractivity contribution < 1.29 is 39.9 Å². The molecule has 3 aliphatic rings.